The van der Waals surface area contributed by atoms with Crippen molar-refractivity contribution in [2.45, 2.75) is 44.3 Å². The summed E-state index contributed by atoms with van der Waals surface area (Å²) in [7, 11) is 0.172. The van der Waals surface area contributed by atoms with Gasteiger partial charge in [-0.25, -0.2) is 13.4 Å². The molecule has 12 heteroatoms. The minimum Gasteiger partial charge on any atom is -0.494 e. The Kier molecular flexibility index (Phi) is 7.09. The first kappa shape index (κ1) is 30.3. The lowest BCUT2D eigenvalue weighted by atomic mass is 10.0. The highest BCUT2D eigenvalue weighted by Crippen LogP contribution is 2.41. The van der Waals surface area contributed by atoms with E-state index < -0.39 is 10.0 Å². The maximum Gasteiger partial charge on any atom is 0.254 e. The number of nitrogens with zero attached hydrogens (tertiary/aromatic N) is 4. The van der Waals surface area contributed by atoms with Crippen molar-refractivity contribution in [3.8, 4) is 28.4 Å². The third kappa shape index (κ3) is 5.25. The number of nitrogens with one attached hydrogen (secondary N) is 1. The molecular formula is C35H37ClN6O4S. The number of hydrogen-bond acceptors (Lipinski definition) is 6. The Labute approximate surface area is 278 Å². The second-order valence-corrected chi connectivity index (χ2v) is 15.6. The number of benzene rings is 3. The van der Waals surface area contributed by atoms with Crippen molar-refractivity contribution in [1.82, 2.24) is 19.0 Å². The molecule has 1 aliphatic heterocycles. The quantitative estimate of drug-likeness (QED) is 0.213. The average Bonchev–Trinajstić information content (AvgIpc) is 3.44. The van der Waals surface area contributed by atoms with Crippen LogP contribution >= 0.6 is 11.6 Å². The first-order chi connectivity index (χ1) is 22.5. The number of imidazole rings is 1. The number of likely N-dealkylation sites (tertiary alicyclic amines) is 1. The van der Waals surface area contributed by atoms with Crippen LogP contribution in [0.2, 0.25) is 5.02 Å². The number of methoxy groups -OCH3 is 1. The highest BCUT2D eigenvalue weighted by atomic mass is 35.5. The second kappa shape index (κ2) is 11.0. The van der Waals surface area contributed by atoms with Crippen LogP contribution in [0.15, 0.2) is 54.6 Å². The molecule has 47 heavy (non-hydrogen) atoms. The van der Waals surface area contributed by atoms with Gasteiger partial charge in [-0.05, 0) is 85.0 Å². The van der Waals surface area contributed by atoms with Crippen LogP contribution in [-0.2, 0) is 23.6 Å². The summed E-state index contributed by atoms with van der Waals surface area (Å²) in [6.45, 7) is 1.57. The van der Waals surface area contributed by atoms with Crippen LogP contribution in [0.1, 0.15) is 36.0 Å². The summed E-state index contributed by atoms with van der Waals surface area (Å²) < 4.78 is 36.2. The van der Waals surface area contributed by atoms with Crippen LogP contribution in [0.4, 0.5) is 5.69 Å². The van der Waals surface area contributed by atoms with Crippen molar-refractivity contribution < 1.29 is 17.9 Å². The van der Waals surface area contributed by atoms with Crippen LogP contribution < -0.4 is 15.2 Å². The van der Waals surface area contributed by atoms with E-state index in [1.807, 2.05) is 30.1 Å². The summed E-state index contributed by atoms with van der Waals surface area (Å²) >= 11 is 6.48. The molecule has 3 atom stereocenters. The van der Waals surface area contributed by atoms with Gasteiger partial charge in [0.25, 0.3) is 5.91 Å². The third-order valence-corrected chi connectivity index (χ3v) is 11.1. The molecule has 0 spiro atoms. The number of nitrogens with two attached hydrogens (primary N) is 1. The maximum atomic E-state index is 13.7. The number of carbonyl (C=O) groups excluding carboxylic acids is 1. The van der Waals surface area contributed by atoms with E-state index in [0.717, 1.165) is 64.7 Å². The second-order valence-electron chi connectivity index (χ2n) is 13.4. The van der Waals surface area contributed by atoms with Gasteiger partial charge in [-0.1, -0.05) is 29.8 Å². The molecule has 2 bridgehead atoms. The van der Waals surface area contributed by atoms with Gasteiger partial charge in [0.15, 0.2) is 5.82 Å². The zero-order chi connectivity index (χ0) is 32.8. The van der Waals surface area contributed by atoms with Crippen molar-refractivity contribution >= 4 is 55.2 Å². The van der Waals surface area contributed by atoms with Crippen LogP contribution in [0.3, 0.4) is 0 Å². The van der Waals surface area contributed by atoms with Crippen LogP contribution in [0, 0.1) is 11.8 Å². The molecule has 3 fully saturated rings. The van der Waals surface area contributed by atoms with E-state index in [9.17, 15) is 13.2 Å². The number of amides is 1. The number of fused-ring (bicyclic) bond motifs is 4. The lowest BCUT2D eigenvalue weighted by Crippen LogP contribution is -2.41. The predicted octanol–water partition coefficient (Wildman–Crippen LogP) is 5.87. The molecule has 2 aromatic heterocycles. The molecule has 244 valence electrons. The summed E-state index contributed by atoms with van der Waals surface area (Å²) in [6, 6.07) is 17.7. The molecule has 10 nitrogen and oxygen atoms in total. The van der Waals surface area contributed by atoms with Gasteiger partial charge >= 0.3 is 0 Å². The zero-order valence-corrected chi connectivity index (χ0v) is 28.1. The lowest BCUT2D eigenvalue weighted by molar-refractivity contribution is 0.0700. The van der Waals surface area contributed by atoms with Gasteiger partial charge in [-0.2, -0.15) is 0 Å². The van der Waals surface area contributed by atoms with E-state index in [2.05, 4.69) is 38.1 Å². The van der Waals surface area contributed by atoms with Gasteiger partial charge in [0.05, 0.1) is 35.3 Å². The first-order valence-electron chi connectivity index (χ1n) is 16.0. The van der Waals surface area contributed by atoms with Gasteiger partial charge in [-0.15, -0.1) is 0 Å². The van der Waals surface area contributed by atoms with Crippen LogP contribution in [-0.4, -0.2) is 65.3 Å². The Morgan fingerprint density at radius 2 is 1.83 bits per heavy atom. The number of aryl methyl sites for hydroxylation is 1. The number of hydrogen-bond donors (Lipinski definition) is 2. The Hall–Kier alpha value is -4.06. The molecule has 3 aromatic carbocycles. The minimum absolute atomic E-state index is 0.0179. The molecule has 3 aliphatic rings. The minimum atomic E-state index is -3.45. The molecule has 2 unspecified atom stereocenters. The maximum absolute atomic E-state index is 13.7. The van der Waals surface area contributed by atoms with Crippen LogP contribution in [0.5, 0.6) is 5.75 Å². The van der Waals surface area contributed by atoms with Crippen molar-refractivity contribution in [1.29, 1.82) is 0 Å². The Balaban J connectivity index is 1.21. The van der Waals surface area contributed by atoms with E-state index in [1.165, 1.54) is 12.8 Å². The van der Waals surface area contributed by atoms with Crippen molar-refractivity contribution in [2.24, 2.45) is 24.6 Å². The first-order valence-corrected chi connectivity index (χ1v) is 18.3. The highest BCUT2D eigenvalue weighted by Gasteiger charge is 2.47. The van der Waals surface area contributed by atoms with Crippen molar-refractivity contribution in [3.63, 3.8) is 0 Å². The number of carbonyl (C=O) groups is 1. The SMILES string of the molecule is COc1cc(C(=O)N2CC3CCC2[C@@H]3N)cc2nc(-c3cc4ccc(-c5ccc(NS(C)(=O)=O)c(Cl)c5)cc4n3CC3CC3)n(C)c12. The van der Waals surface area contributed by atoms with Crippen molar-refractivity contribution in [3.05, 3.63) is 65.2 Å². The molecule has 2 saturated carbocycles. The molecule has 8 rings (SSSR count). The van der Waals surface area contributed by atoms with Gasteiger partial charge in [-0.3, -0.25) is 9.52 Å². The smallest absolute Gasteiger partial charge is 0.254 e. The third-order valence-electron chi connectivity index (χ3n) is 10.2. The summed E-state index contributed by atoms with van der Waals surface area (Å²) in [5, 5.41) is 1.41. The highest BCUT2D eigenvalue weighted by molar-refractivity contribution is 7.92. The molecule has 1 amide bonds. The van der Waals surface area contributed by atoms with Gasteiger partial charge in [0, 0.05) is 48.7 Å². The fourth-order valence-corrected chi connectivity index (χ4v) is 8.48. The molecular weight excluding hydrogens is 636 g/mol. The molecule has 0 radical (unpaired) electrons. The molecule has 1 saturated heterocycles. The van der Waals surface area contributed by atoms with E-state index in [0.29, 0.717) is 45.9 Å². The van der Waals surface area contributed by atoms with E-state index >= 15 is 0 Å². The lowest BCUT2D eigenvalue weighted by Gasteiger charge is -2.27. The van der Waals surface area contributed by atoms with E-state index in [-0.39, 0.29) is 18.0 Å². The largest absolute Gasteiger partial charge is 0.494 e. The number of ether oxygens (including phenoxy) is 1. The topological polar surface area (TPSA) is 124 Å². The van der Waals surface area contributed by atoms with Crippen LogP contribution in [0.25, 0.3) is 44.6 Å². The summed E-state index contributed by atoms with van der Waals surface area (Å²) in [6.07, 6.45) is 5.52. The fraction of sp³-hybridized carbons (Fsp3) is 0.371. The number of piperidine rings is 1. The normalized spacial score (nSPS) is 20.9. The van der Waals surface area contributed by atoms with E-state index in [4.69, 9.17) is 27.1 Å². The number of anilines is 1. The Morgan fingerprint density at radius 1 is 1.06 bits per heavy atom. The monoisotopic (exact) mass is 672 g/mol. The molecule has 3 N–H and O–H groups in total. The zero-order valence-electron chi connectivity index (χ0n) is 26.5. The Bertz CT molecular complexity index is 2200. The van der Waals surface area contributed by atoms with Gasteiger partial charge in [0.2, 0.25) is 10.0 Å². The summed E-state index contributed by atoms with van der Waals surface area (Å²) in [4.78, 5) is 20.8. The molecule has 2 aliphatic carbocycles. The standard InChI is InChI=1S/C35H37ClN6O4S/c1-40-33-27(13-24(16-31(33)46-2)35(43)42-18-23-9-11-28(42)32(23)37)38-34(40)30-15-22-7-6-21(14-29(22)41(30)17-19-4-5-19)20-8-10-26(25(36)12-20)39-47(3,44)45/h6-8,10,12-16,19,23,28,32,39H,4-5,9,11,17-18,37H2,1-3H3/t23?,28?,32-/m1/s1. The van der Waals surface area contributed by atoms with E-state index in [1.54, 1.807) is 19.2 Å². The predicted molar refractivity (Wildman–Crippen MR) is 185 cm³/mol. The van der Waals surface area contributed by atoms with Gasteiger partial charge in [0.1, 0.15) is 11.3 Å². The fourth-order valence-electron chi connectivity index (χ4n) is 7.62. The Morgan fingerprint density at radius 3 is 2.49 bits per heavy atom. The number of rotatable bonds is 8. The number of aromatic nitrogens is 3. The summed E-state index contributed by atoms with van der Waals surface area (Å²) in [5.74, 6) is 2.36. The number of sulfonamides is 1. The van der Waals surface area contributed by atoms with Gasteiger partial charge < -0.3 is 24.5 Å². The molecule has 5 aromatic rings. The summed E-state index contributed by atoms with van der Waals surface area (Å²) in [5.41, 5.74) is 12.8. The van der Waals surface area contributed by atoms with Crippen molar-refractivity contribution in [2.75, 3.05) is 24.6 Å². The number of halogens is 1. The average molecular weight is 673 g/mol. The molecule has 3 heterocycles.